The number of aliphatic hydroxyl groups is 1. The molecule has 58 heavy (non-hydrogen) atoms. The second-order valence-corrected chi connectivity index (χ2v) is 17.2. The summed E-state index contributed by atoms with van der Waals surface area (Å²) in [6.45, 7) is 11.3. The number of carbonyl (C=O) groups is 4. The zero-order valence-corrected chi connectivity index (χ0v) is 35.0. The molecule has 310 valence electrons. The van der Waals surface area contributed by atoms with Crippen molar-refractivity contribution in [1.82, 2.24) is 30.7 Å². The van der Waals surface area contributed by atoms with Gasteiger partial charge in [-0.3, -0.25) is 19.5 Å². The second kappa shape index (κ2) is 20.1. The lowest BCUT2D eigenvalue weighted by Gasteiger charge is -2.37. The van der Waals surface area contributed by atoms with Crippen molar-refractivity contribution in [3.8, 4) is 11.3 Å². The topological polar surface area (TPSA) is 164 Å². The Kier molecular flexibility index (Phi) is 15.6. The van der Waals surface area contributed by atoms with Gasteiger partial charge in [0.25, 0.3) is 0 Å². The third kappa shape index (κ3) is 13.2. The Labute approximate surface area is 343 Å². The summed E-state index contributed by atoms with van der Waals surface area (Å²) in [7, 11) is 3.04. The van der Waals surface area contributed by atoms with E-state index in [9.17, 15) is 29.4 Å². The van der Waals surface area contributed by atoms with E-state index in [2.05, 4.69) is 20.9 Å². The molecule has 0 saturated carbocycles. The number of nitrogens with one attached hydrogen (secondary N) is 3. The van der Waals surface area contributed by atoms with E-state index in [4.69, 9.17) is 0 Å². The van der Waals surface area contributed by atoms with Crippen molar-refractivity contribution in [2.75, 3.05) is 14.1 Å². The van der Waals surface area contributed by atoms with Crippen LogP contribution in [0.1, 0.15) is 64.7 Å². The summed E-state index contributed by atoms with van der Waals surface area (Å²) in [6.07, 6.45) is -0.106. The molecule has 0 fully saturated rings. The zero-order chi connectivity index (χ0) is 42.6. The first-order valence-electron chi connectivity index (χ1n) is 19.7. The van der Waals surface area contributed by atoms with E-state index >= 15 is 0 Å². The van der Waals surface area contributed by atoms with Crippen LogP contribution in [0.4, 0.5) is 9.59 Å². The third-order valence-corrected chi connectivity index (χ3v) is 10.1. The van der Waals surface area contributed by atoms with E-state index in [-0.39, 0.29) is 12.8 Å². The molecule has 5 N–H and O–H groups in total. The number of aliphatic hydroxyl groups excluding tert-OH is 1. The van der Waals surface area contributed by atoms with Crippen molar-refractivity contribution in [1.29, 1.82) is 0 Å². The first kappa shape index (κ1) is 45.0. The molecule has 0 aliphatic rings. The molecule has 1 heterocycles. The number of carbonyl (C=O) groups excluding carboxylic acids is 3. The van der Waals surface area contributed by atoms with E-state index in [1.54, 1.807) is 34.0 Å². The number of nitrogens with zero attached hydrogens (tertiary/aromatic N) is 3. The smallest absolute Gasteiger partial charge is 0.407 e. The molecule has 0 radical (unpaired) electrons. The van der Waals surface area contributed by atoms with Gasteiger partial charge < -0.3 is 31.1 Å². The van der Waals surface area contributed by atoms with Crippen LogP contribution >= 0.6 is 0 Å². The molecule has 4 rings (SSSR count). The molecule has 0 unspecified atom stereocenters. The standard InChI is InChI=1S/C46H60N6O6/c1-45(2,3)39(50-43(56)51(7)30-33-19-13-10-14-20-33)41(54)49-37(28-31-17-11-9-12-18-31)38(53)29-35(48-42(55)40(46(4,5)6)52(8)44(57)58)27-32-22-24-34(25-23-32)36-21-15-16-26-47-36/h9-26,35,37-40,53H,27-30H2,1-8H3,(H,48,55)(H,49,54)(H,50,56)(H,57,58)/t35-,37+,38+,39-,40-/m1/s1. The van der Waals surface area contributed by atoms with Crippen molar-refractivity contribution >= 4 is 23.9 Å². The number of carboxylic acid groups (broad SMARTS) is 1. The monoisotopic (exact) mass is 792 g/mol. The summed E-state index contributed by atoms with van der Waals surface area (Å²) in [5, 5.41) is 31.1. The lowest BCUT2D eigenvalue weighted by Crippen LogP contribution is -2.59. The van der Waals surface area contributed by atoms with Crippen LogP contribution in [-0.2, 0) is 29.0 Å². The normalized spacial score (nSPS) is 14.2. The van der Waals surface area contributed by atoms with Gasteiger partial charge in [0.05, 0.1) is 17.8 Å². The summed E-state index contributed by atoms with van der Waals surface area (Å²) < 4.78 is 0. The molecular weight excluding hydrogens is 733 g/mol. The third-order valence-electron chi connectivity index (χ3n) is 10.1. The fourth-order valence-corrected chi connectivity index (χ4v) is 7.07. The molecule has 12 heteroatoms. The van der Waals surface area contributed by atoms with E-state index in [1.165, 1.54) is 11.9 Å². The van der Waals surface area contributed by atoms with Crippen LogP contribution in [0.15, 0.2) is 109 Å². The maximum absolute atomic E-state index is 14.3. The molecule has 0 aliphatic heterocycles. The molecule has 0 saturated heterocycles. The fraction of sp³-hybridized carbons (Fsp3) is 0.413. The van der Waals surface area contributed by atoms with Gasteiger partial charge in [-0.05, 0) is 58.9 Å². The van der Waals surface area contributed by atoms with Crippen molar-refractivity contribution in [3.63, 3.8) is 0 Å². The molecule has 1 aromatic heterocycles. The number of pyridine rings is 1. The molecule has 5 amide bonds. The molecule has 0 aliphatic carbocycles. The summed E-state index contributed by atoms with van der Waals surface area (Å²) >= 11 is 0. The Hall–Kier alpha value is -5.75. The predicted octanol–water partition coefficient (Wildman–Crippen LogP) is 6.54. The van der Waals surface area contributed by atoms with Crippen molar-refractivity contribution in [2.24, 2.45) is 10.8 Å². The van der Waals surface area contributed by atoms with Crippen LogP contribution < -0.4 is 16.0 Å². The maximum Gasteiger partial charge on any atom is 0.407 e. The zero-order valence-electron chi connectivity index (χ0n) is 35.0. The number of likely N-dealkylation sites (N-methyl/N-ethyl adjacent to an activating group) is 1. The molecule has 3 aromatic carbocycles. The average Bonchev–Trinajstić information content (AvgIpc) is 3.16. The SMILES string of the molecule is CN(Cc1ccccc1)C(=O)N[C@H](C(=O)N[C@@H](Cc1ccccc1)[C@@H](O)C[C@@H](Cc1ccc(-c2ccccn2)cc1)NC(=O)[C@@H](N(C)C(=O)O)C(C)(C)C)C(C)(C)C. The minimum Gasteiger partial charge on any atom is -0.465 e. The van der Waals surface area contributed by atoms with Gasteiger partial charge >= 0.3 is 12.1 Å². The van der Waals surface area contributed by atoms with Gasteiger partial charge in [0.2, 0.25) is 11.8 Å². The molecule has 5 atom stereocenters. The first-order valence-corrected chi connectivity index (χ1v) is 19.7. The fourth-order valence-electron chi connectivity index (χ4n) is 7.07. The average molecular weight is 793 g/mol. The number of benzene rings is 3. The molecule has 0 spiro atoms. The Bertz CT molecular complexity index is 1930. The highest BCUT2D eigenvalue weighted by Crippen LogP contribution is 2.26. The molecular formula is C46H60N6O6. The summed E-state index contributed by atoms with van der Waals surface area (Å²) in [5.41, 5.74) is 2.95. The number of amides is 5. The van der Waals surface area contributed by atoms with Crippen LogP contribution in [0.5, 0.6) is 0 Å². The van der Waals surface area contributed by atoms with Crippen LogP contribution in [0.2, 0.25) is 0 Å². The molecule has 4 aromatic rings. The lowest BCUT2D eigenvalue weighted by atomic mass is 9.84. The van der Waals surface area contributed by atoms with Crippen LogP contribution in [0, 0.1) is 10.8 Å². The summed E-state index contributed by atoms with van der Waals surface area (Å²) in [5.74, 6) is -0.964. The maximum atomic E-state index is 14.3. The Morgan fingerprint density at radius 2 is 1.24 bits per heavy atom. The predicted molar refractivity (Wildman–Crippen MR) is 227 cm³/mol. The highest BCUT2D eigenvalue weighted by Gasteiger charge is 2.39. The number of hydrogen-bond donors (Lipinski definition) is 5. The van der Waals surface area contributed by atoms with E-state index in [1.807, 2.05) is 124 Å². The second-order valence-electron chi connectivity index (χ2n) is 17.2. The van der Waals surface area contributed by atoms with Gasteiger partial charge in [-0.1, -0.05) is 133 Å². The first-order chi connectivity index (χ1) is 27.3. The summed E-state index contributed by atoms with van der Waals surface area (Å²) in [6, 6.07) is 28.5. The van der Waals surface area contributed by atoms with Gasteiger partial charge in [-0.25, -0.2) is 9.59 Å². The lowest BCUT2D eigenvalue weighted by molar-refractivity contribution is -0.130. The van der Waals surface area contributed by atoms with Crippen molar-refractivity contribution in [2.45, 2.75) is 97.6 Å². The number of aromatic nitrogens is 1. The Morgan fingerprint density at radius 1 is 0.672 bits per heavy atom. The Morgan fingerprint density at radius 3 is 1.78 bits per heavy atom. The van der Waals surface area contributed by atoms with Crippen LogP contribution in [0.25, 0.3) is 11.3 Å². The Balaban J connectivity index is 1.63. The van der Waals surface area contributed by atoms with Crippen molar-refractivity contribution < 1.29 is 29.4 Å². The highest BCUT2D eigenvalue weighted by atomic mass is 16.4. The molecule has 0 bridgehead atoms. The van der Waals surface area contributed by atoms with Crippen LogP contribution in [-0.4, -0.2) is 93.3 Å². The van der Waals surface area contributed by atoms with Gasteiger partial charge in [-0.2, -0.15) is 0 Å². The quantitative estimate of drug-likeness (QED) is 0.0861. The van der Waals surface area contributed by atoms with Crippen LogP contribution in [0.3, 0.4) is 0 Å². The number of rotatable bonds is 16. The molecule has 12 nitrogen and oxygen atoms in total. The van der Waals surface area contributed by atoms with Gasteiger partial charge in [0.15, 0.2) is 0 Å². The highest BCUT2D eigenvalue weighted by molar-refractivity contribution is 5.88. The number of hydrogen-bond acceptors (Lipinski definition) is 6. The van der Waals surface area contributed by atoms with E-state index in [0.717, 1.165) is 32.8 Å². The number of urea groups is 1. The van der Waals surface area contributed by atoms with E-state index < -0.39 is 65.0 Å². The van der Waals surface area contributed by atoms with Gasteiger partial charge in [0, 0.05) is 38.4 Å². The largest absolute Gasteiger partial charge is 0.465 e. The minimum absolute atomic E-state index is 0.0194. The van der Waals surface area contributed by atoms with Crippen molar-refractivity contribution in [3.05, 3.63) is 126 Å². The minimum atomic E-state index is -1.24. The van der Waals surface area contributed by atoms with Gasteiger partial charge in [-0.15, -0.1) is 0 Å². The van der Waals surface area contributed by atoms with Gasteiger partial charge in [0.1, 0.15) is 12.1 Å². The summed E-state index contributed by atoms with van der Waals surface area (Å²) in [4.78, 5) is 60.8. The van der Waals surface area contributed by atoms with E-state index in [0.29, 0.717) is 13.0 Å².